The van der Waals surface area contributed by atoms with Gasteiger partial charge in [0.2, 0.25) is 6.79 Å². The Balaban J connectivity index is 1.92. The fourth-order valence-corrected chi connectivity index (χ4v) is 1.82. The number of fused-ring (bicyclic) bond motifs is 1. The summed E-state index contributed by atoms with van der Waals surface area (Å²) < 4.78 is 12.6. The Labute approximate surface area is 99.0 Å². The monoisotopic (exact) mass is 231 g/mol. The SMILES string of the molecule is CNCc1cn(-c2ccc3c(c2)OCO3)cn1. The predicted molar refractivity (Wildman–Crippen MR) is 62.5 cm³/mol. The molecule has 1 N–H and O–H groups in total. The summed E-state index contributed by atoms with van der Waals surface area (Å²) in [6, 6.07) is 5.85. The molecule has 1 aliphatic heterocycles. The van der Waals surface area contributed by atoms with E-state index in [0.717, 1.165) is 29.4 Å². The molecular weight excluding hydrogens is 218 g/mol. The Morgan fingerprint density at radius 2 is 2.24 bits per heavy atom. The molecular formula is C12H13N3O2. The van der Waals surface area contributed by atoms with Crippen molar-refractivity contribution in [2.24, 2.45) is 0 Å². The lowest BCUT2D eigenvalue weighted by molar-refractivity contribution is 0.174. The second-order valence-corrected chi connectivity index (χ2v) is 3.84. The first-order chi connectivity index (χ1) is 8.36. The largest absolute Gasteiger partial charge is 0.454 e. The van der Waals surface area contributed by atoms with E-state index in [0.29, 0.717) is 6.79 Å². The van der Waals surface area contributed by atoms with Gasteiger partial charge in [-0.05, 0) is 19.2 Å². The number of nitrogens with zero attached hydrogens (tertiary/aromatic N) is 2. The second kappa shape index (κ2) is 4.10. The molecule has 0 unspecified atom stereocenters. The number of benzene rings is 1. The smallest absolute Gasteiger partial charge is 0.231 e. The fraction of sp³-hybridized carbons (Fsp3) is 0.250. The number of hydrogen-bond acceptors (Lipinski definition) is 4. The van der Waals surface area contributed by atoms with Gasteiger partial charge in [-0.1, -0.05) is 0 Å². The lowest BCUT2D eigenvalue weighted by Gasteiger charge is -2.03. The van der Waals surface area contributed by atoms with Crippen LogP contribution in [0.1, 0.15) is 5.69 Å². The van der Waals surface area contributed by atoms with E-state index in [2.05, 4.69) is 10.3 Å². The molecule has 88 valence electrons. The summed E-state index contributed by atoms with van der Waals surface area (Å²) >= 11 is 0. The highest BCUT2D eigenvalue weighted by Gasteiger charge is 2.13. The maximum Gasteiger partial charge on any atom is 0.231 e. The third-order valence-corrected chi connectivity index (χ3v) is 2.65. The fourth-order valence-electron chi connectivity index (χ4n) is 1.82. The minimum atomic E-state index is 0.299. The Hall–Kier alpha value is -2.01. The number of aromatic nitrogens is 2. The van der Waals surface area contributed by atoms with Crippen LogP contribution < -0.4 is 14.8 Å². The molecule has 3 rings (SSSR count). The van der Waals surface area contributed by atoms with E-state index in [1.807, 2.05) is 36.0 Å². The molecule has 2 heterocycles. The van der Waals surface area contributed by atoms with Crippen LogP contribution in [0.4, 0.5) is 0 Å². The van der Waals surface area contributed by atoms with Crippen LogP contribution in [0.2, 0.25) is 0 Å². The molecule has 17 heavy (non-hydrogen) atoms. The highest BCUT2D eigenvalue weighted by molar-refractivity contribution is 5.50. The minimum Gasteiger partial charge on any atom is -0.454 e. The summed E-state index contributed by atoms with van der Waals surface area (Å²) in [6.07, 6.45) is 3.79. The lowest BCUT2D eigenvalue weighted by Crippen LogP contribution is -2.04. The van der Waals surface area contributed by atoms with Gasteiger partial charge in [-0.25, -0.2) is 4.98 Å². The van der Waals surface area contributed by atoms with Gasteiger partial charge in [0.1, 0.15) is 0 Å². The van der Waals surface area contributed by atoms with Crippen LogP contribution in [0, 0.1) is 0 Å². The van der Waals surface area contributed by atoms with Crippen molar-refractivity contribution in [1.82, 2.24) is 14.9 Å². The van der Waals surface area contributed by atoms with Gasteiger partial charge in [0, 0.05) is 18.8 Å². The van der Waals surface area contributed by atoms with E-state index >= 15 is 0 Å². The summed E-state index contributed by atoms with van der Waals surface area (Å²) in [5, 5.41) is 3.07. The maximum atomic E-state index is 5.35. The number of ether oxygens (including phenoxy) is 2. The van der Waals surface area contributed by atoms with Crippen LogP contribution in [-0.2, 0) is 6.54 Å². The summed E-state index contributed by atoms with van der Waals surface area (Å²) in [6.45, 7) is 1.06. The highest BCUT2D eigenvalue weighted by Crippen LogP contribution is 2.33. The Morgan fingerprint density at radius 3 is 3.12 bits per heavy atom. The maximum absolute atomic E-state index is 5.35. The van der Waals surface area contributed by atoms with Gasteiger partial charge >= 0.3 is 0 Å². The molecule has 0 radical (unpaired) electrons. The molecule has 1 aromatic heterocycles. The zero-order valence-electron chi connectivity index (χ0n) is 9.51. The van der Waals surface area contributed by atoms with E-state index in [1.165, 1.54) is 0 Å². The Kier molecular flexibility index (Phi) is 2.45. The Morgan fingerprint density at radius 1 is 1.35 bits per heavy atom. The number of hydrogen-bond donors (Lipinski definition) is 1. The van der Waals surface area contributed by atoms with Gasteiger partial charge in [-0.2, -0.15) is 0 Å². The van der Waals surface area contributed by atoms with Crippen LogP contribution in [0.15, 0.2) is 30.7 Å². The zero-order valence-corrected chi connectivity index (χ0v) is 9.51. The minimum absolute atomic E-state index is 0.299. The van der Waals surface area contributed by atoms with Crippen LogP contribution in [0.3, 0.4) is 0 Å². The van der Waals surface area contributed by atoms with E-state index < -0.39 is 0 Å². The van der Waals surface area contributed by atoms with E-state index in [4.69, 9.17) is 9.47 Å². The van der Waals surface area contributed by atoms with Gasteiger partial charge in [-0.3, -0.25) is 0 Å². The van der Waals surface area contributed by atoms with Crippen LogP contribution >= 0.6 is 0 Å². The molecule has 0 aliphatic carbocycles. The van der Waals surface area contributed by atoms with Gasteiger partial charge in [-0.15, -0.1) is 0 Å². The molecule has 0 bridgehead atoms. The van der Waals surface area contributed by atoms with Gasteiger partial charge in [0.05, 0.1) is 17.7 Å². The van der Waals surface area contributed by atoms with Crippen molar-refractivity contribution in [3.63, 3.8) is 0 Å². The molecule has 0 fully saturated rings. The topological polar surface area (TPSA) is 48.3 Å². The van der Waals surface area contributed by atoms with Crippen LogP contribution in [0.5, 0.6) is 11.5 Å². The highest BCUT2D eigenvalue weighted by atomic mass is 16.7. The number of rotatable bonds is 3. The van der Waals surface area contributed by atoms with Crippen molar-refractivity contribution in [2.75, 3.05) is 13.8 Å². The van der Waals surface area contributed by atoms with Crippen molar-refractivity contribution in [1.29, 1.82) is 0 Å². The first-order valence-electron chi connectivity index (χ1n) is 5.44. The summed E-state index contributed by atoms with van der Waals surface area (Å²) in [5.41, 5.74) is 2.02. The summed E-state index contributed by atoms with van der Waals surface area (Å²) in [5.74, 6) is 1.58. The molecule has 0 amide bonds. The summed E-state index contributed by atoms with van der Waals surface area (Å²) in [4.78, 5) is 4.30. The molecule has 1 aliphatic rings. The van der Waals surface area contributed by atoms with Gasteiger partial charge in [0.15, 0.2) is 11.5 Å². The van der Waals surface area contributed by atoms with Crippen molar-refractivity contribution in [3.05, 3.63) is 36.4 Å². The van der Waals surface area contributed by atoms with Gasteiger partial charge in [0.25, 0.3) is 0 Å². The lowest BCUT2D eigenvalue weighted by atomic mass is 10.3. The van der Waals surface area contributed by atoms with E-state index in [9.17, 15) is 0 Å². The summed E-state index contributed by atoms with van der Waals surface area (Å²) in [7, 11) is 1.90. The first kappa shape index (κ1) is 10.2. The molecule has 2 aromatic rings. The second-order valence-electron chi connectivity index (χ2n) is 3.84. The molecule has 5 heteroatoms. The Bertz CT molecular complexity index is 536. The molecule has 0 spiro atoms. The van der Waals surface area contributed by atoms with Crippen molar-refractivity contribution >= 4 is 0 Å². The number of imidazole rings is 1. The quantitative estimate of drug-likeness (QED) is 0.865. The third kappa shape index (κ3) is 1.85. The first-order valence-corrected chi connectivity index (χ1v) is 5.44. The van der Waals surface area contributed by atoms with Crippen molar-refractivity contribution < 1.29 is 9.47 Å². The van der Waals surface area contributed by atoms with Crippen LogP contribution in [-0.4, -0.2) is 23.4 Å². The normalized spacial score (nSPS) is 13.0. The average molecular weight is 231 g/mol. The predicted octanol–water partition coefficient (Wildman–Crippen LogP) is 1.32. The molecule has 0 atom stereocenters. The van der Waals surface area contributed by atoms with Crippen LogP contribution in [0.25, 0.3) is 5.69 Å². The molecule has 1 aromatic carbocycles. The van der Waals surface area contributed by atoms with Crippen molar-refractivity contribution in [2.45, 2.75) is 6.54 Å². The third-order valence-electron chi connectivity index (χ3n) is 2.65. The molecule has 0 saturated heterocycles. The van der Waals surface area contributed by atoms with E-state index in [1.54, 1.807) is 6.33 Å². The molecule has 0 saturated carbocycles. The van der Waals surface area contributed by atoms with Crippen molar-refractivity contribution in [3.8, 4) is 17.2 Å². The van der Waals surface area contributed by atoms with Gasteiger partial charge < -0.3 is 19.4 Å². The standard InChI is InChI=1S/C12H13N3O2/c1-13-5-9-6-15(7-14-9)10-2-3-11-12(4-10)17-8-16-11/h2-4,6-7,13H,5,8H2,1H3. The van der Waals surface area contributed by atoms with E-state index in [-0.39, 0.29) is 0 Å². The zero-order chi connectivity index (χ0) is 11.7. The molecule has 5 nitrogen and oxygen atoms in total. The number of nitrogens with one attached hydrogen (secondary N) is 1. The average Bonchev–Trinajstić information content (AvgIpc) is 2.96.